The Morgan fingerprint density at radius 2 is 1.88 bits per heavy atom. The molecule has 0 saturated carbocycles. The second-order valence-corrected chi connectivity index (χ2v) is 2.75. The molecular weight excluding hydrogens is 208 g/mol. The molecule has 0 atom stereocenters. The molecule has 0 saturated heterocycles. The molecule has 1 aromatic rings. The van der Waals surface area contributed by atoms with Gasteiger partial charge in [0.05, 0.1) is 0 Å². The first-order valence-corrected chi connectivity index (χ1v) is 4.49. The Hall–Kier alpha value is -2.30. The second kappa shape index (κ2) is 8.05. The van der Waals surface area contributed by atoms with Crippen molar-refractivity contribution in [2.75, 3.05) is 0 Å². The Morgan fingerprint density at radius 1 is 1.38 bits per heavy atom. The van der Waals surface area contributed by atoms with Gasteiger partial charge in [0.1, 0.15) is 0 Å². The maximum Gasteiger partial charge on any atom is 0.327 e. The topological polar surface area (TPSA) is 92.4 Å². The third-order valence-electron chi connectivity index (χ3n) is 1.48. The van der Waals surface area contributed by atoms with Gasteiger partial charge in [-0.25, -0.2) is 9.59 Å². The van der Waals surface area contributed by atoms with Crippen molar-refractivity contribution in [3.8, 4) is 0 Å². The smallest absolute Gasteiger partial charge is 0.327 e. The molecule has 2 amide bonds. The minimum atomic E-state index is -0.981. The predicted octanol–water partition coefficient (Wildman–Crippen LogP) is 1.11. The lowest BCUT2D eigenvalue weighted by molar-refractivity contribution is -0.131. The Bertz CT molecular complexity index is 350. The van der Waals surface area contributed by atoms with Crippen LogP contribution >= 0.6 is 0 Å². The van der Waals surface area contributed by atoms with Gasteiger partial charge in [0, 0.05) is 12.6 Å². The highest BCUT2D eigenvalue weighted by Gasteiger charge is 1.91. The molecule has 0 aromatic heterocycles. The first kappa shape index (κ1) is 13.7. The number of carboxylic acids is 1. The van der Waals surface area contributed by atoms with Crippen LogP contribution < -0.4 is 11.1 Å². The standard InChI is InChI=1S/C8H10N2O.C3H4O2/c9-8(11)10-6-7-4-2-1-3-5-7;1-2-3(4)5/h1-5H,6H2,(H3,9,10,11);2H,1H2,(H,4,5). The van der Waals surface area contributed by atoms with Crippen LogP contribution in [0.15, 0.2) is 43.0 Å². The normalized spacial score (nSPS) is 8.25. The summed E-state index contributed by atoms with van der Waals surface area (Å²) in [5, 5.41) is 10.1. The van der Waals surface area contributed by atoms with E-state index in [4.69, 9.17) is 10.8 Å². The van der Waals surface area contributed by atoms with Crippen LogP contribution in [0.2, 0.25) is 0 Å². The lowest BCUT2D eigenvalue weighted by atomic mass is 10.2. The predicted molar refractivity (Wildman–Crippen MR) is 60.7 cm³/mol. The van der Waals surface area contributed by atoms with Gasteiger partial charge in [0.25, 0.3) is 0 Å². The molecule has 0 aliphatic carbocycles. The maximum atomic E-state index is 10.3. The molecule has 0 radical (unpaired) electrons. The van der Waals surface area contributed by atoms with E-state index < -0.39 is 12.0 Å². The van der Waals surface area contributed by atoms with Crippen molar-refractivity contribution in [2.24, 2.45) is 5.73 Å². The monoisotopic (exact) mass is 222 g/mol. The molecule has 86 valence electrons. The highest BCUT2D eigenvalue weighted by Crippen LogP contribution is 1.96. The summed E-state index contributed by atoms with van der Waals surface area (Å²) < 4.78 is 0. The molecule has 0 bridgehead atoms. The van der Waals surface area contributed by atoms with E-state index in [9.17, 15) is 9.59 Å². The zero-order valence-electron chi connectivity index (χ0n) is 8.72. The van der Waals surface area contributed by atoms with Crippen LogP contribution in [0.4, 0.5) is 4.79 Å². The van der Waals surface area contributed by atoms with Crippen LogP contribution in [0.5, 0.6) is 0 Å². The van der Waals surface area contributed by atoms with Crippen molar-refractivity contribution in [1.82, 2.24) is 5.32 Å². The minimum Gasteiger partial charge on any atom is -0.478 e. The molecule has 1 aromatic carbocycles. The molecule has 5 heteroatoms. The number of hydrogen-bond acceptors (Lipinski definition) is 2. The molecule has 5 nitrogen and oxygen atoms in total. The quantitative estimate of drug-likeness (QED) is 0.669. The molecular formula is C11H14N2O3. The summed E-state index contributed by atoms with van der Waals surface area (Å²) >= 11 is 0. The van der Waals surface area contributed by atoms with Crippen LogP contribution in [0.1, 0.15) is 5.56 Å². The lowest BCUT2D eigenvalue weighted by Gasteiger charge is -1.99. The second-order valence-electron chi connectivity index (χ2n) is 2.75. The van der Waals surface area contributed by atoms with Crippen molar-refractivity contribution >= 4 is 12.0 Å². The van der Waals surface area contributed by atoms with Gasteiger partial charge < -0.3 is 16.2 Å². The van der Waals surface area contributed by atoms with E-state index in [-0.39, 0.29) is 0 Å². The van der Waals surface area contributed by atoms with Crippen molar-refractivity contribution in [2.45, 2.75) is 6.54 Å². The largest absolute Gasteiger partial charge is 0.478 e. The van der Waals surface area contributed by atoms with Gasteiger partial charge in [-0.3, -0.25) is 0 Å². The van der Waals surface area contributed by atoms with Crippen molar-refractivity contribution in [3.63, 3.8) is 0 Å². The van der Waals surface area contributed by atoms with Gasteiger partial charge >= 0.3 is 12.0 Å². The van der Waals surface area contributed by atoms with Crippen molar-refractivity contribution in [3.05, 3.63) is 48.6 Å². The van der Waals surface area contributed by atoms with E-state index in [1.54, 1.807) is 0 Å². The van der Waals surface area contributed by atoms with E-state index in [0.29, 0.717) is 6.54 Å². The Labute approximate surface area is 93.6 Å². The Morgan fingerprint density at radius 3 is 2.25 bits per heavy atom. The summed E-state index contributed by atoms with van der Waals surface area (Å²) in [4.78, 5) is 19.5. The molecule has 1 rings (SSSR count). The molecule has 16 heavy (non-hydrogen) atoms. The number of nitrogens with two attached hydrogens (primary N) is 1. The summed E-state index contributed by atoms with van der Waals surface area (Å²) in [6.07, 6.45) is 0.833. The van der Waals surface area contributed by atoms with Crippen molar-refractivity contribution < 1.29 is 14.7 Å². The molecule has 0 heterocycles. The van der Waals surface area contributed by atoms with Gasteiger partial charge in [-0.05, 0) is 5.56 Å². The summed E-state index contributed by atoms with van der Waals surface area (Å²) in [7, 11) is 0. The third-order valence-corrected chi connectivity index (χ3v) is 1.48. The number of benzene rings is 1. The molecule has 0 aliphatic rings. The molecule has 0 aliphatic heterocycles. The average Bonchev–Trinajstić information content (AvgIpc) is 2.28. The number of aliphatic carboxylic acids is 1. The first-order valence-electron chi connectivity index (χ1n) is 4.49. The van der Waals surface area contributed by atoms with E-state index in [1.807, 2.05) is 30.3 Å². The van der Waals surface area contributed by atoms with Crippen LogP contribution in [0, 0.1) is 0 Å². The number of carbonyl (C=O) groups excluding carboxylic acids is 1. The number of urea groups is 1. The third kappa shape index (κ3) is 8.31. The van der Waals surface area contributed by atoms with Crippen molar-refractivity contribution in [1.29, 1.82) is 0 Å². The summed E-state index contributed by atoms with van der Waals surface area (Å²) in [6.45, 7) is 3.46. The summed E-state index contributed by atoms with van der Waals surface area (Å²) in [6, 6.07) is 9.12. The number of carbonyl (C=O) groups is 2. The van der Waals surface area contributed by atoms with Gasteiger partial charge in [-0.2, -0.15) is 0 Å². The van der Waals surface area contributed by atoms with E-state index >= 15 is 0 Å². The fraction of sp³-hybridized carbons (Fsp3) is 0.0909. The number of hydrogen-bond donors (Lipinski definition) is 3. The van der Waals surface area contributed by atoms with Crippen LogP contribution in [0.3, 0.4) is 0 Å². The van der Waals surface area contributed by atoms with Crippen LogP contribution in [0.25, 0.3) is 0 Å². The summed E-state index contributed by atoms with van der Waals surface area (Å²) in [5.41, 5.74) is 5.94. The van der Waals surface area contributed by atoms with E-state index in [2.05, 4.69) is 11.9 Å². The van der Waals surface area contributed by atoms with Crippen LogP contribution in [-0.4, -0.2) is 17.1 Å². The highest BCUT2D eigenvalue weighted by atomic mass is 16.4. The number of primary amides is 1. The van der Waals surface area contributed by atoms with E-state index in [0.717, 1.165) is 11.6 Å². The number of nitrogens with one attached hydrogen (secondary N) is 1. The molecule has 4 N–H and O–H groups in total. The summed E-state index contributed by atoms with van der Waals surface area (Å²) in [5.74, 6) is -0.981. The molecule has 0 spiro atoms. The molecule has 0 unspecified atom stereocenters. The van der Waals surface area contributed by atoms with E-state index in [1.165, 1.54) is 0 Å². The number of carboxylic acid groups (broad SMARTS) is 1. The zero-order valence-corrected chi connectivity index (χ0v) is 8.72. The average molecular weight is 222 g/mol. The van der Waals surface area contributed by atoms with Gasteiger partial charge in [-0.1, -0.05) is 36.9 Å². The Kier molecular flexibility index (Phi) is 6.89. The first-order chi connectivity index (χ1) is 7.56. The number of rotatable bonds is 3. The SMILES string of the molecule is C=CC(=O)O.NC(=O)NCc1ccccc1. The van der Waals surface area contributed by atoms with Gasteiger partial charge in [0.2, 0.25) is 0 Å². The minimum absolute atomic E-state index is 0.492. The fourth-order valence-corrected chi connectivity index (χ4v) is 0.785. The lowest BCUT2D eigenvalue weighted by Crippen LogP contribution is -2.28. The number of amides is 2. The zero-order chi connectivity index (χ0) is 12.4. The fourth-order valence-electron chi connectivity index (χ4n) is 0.785. The van der Waals surface area contributed by atoms with Crippen LogP contribution in [-0.2, 0) is 11.3 Å². The highest BCUT2D eigenvalue weighted by molar-refractivity contribution is 5.78. The van der Waals surface area contributed by atoms with Gasteiger partial charge in [-0.15, -0.1) is 0 Å². The Balaban J connectivity index is 0.000000385. The van der Waals surface area contributed by atoms with Gasteiger partial charge in [0.15, 0.2) is 0 Å². The maximum absolute atomic E-state index is 10.3. The molecule has 0 fully saturated rings.